The quantitative estimate of drug-likeness (QED) is 0.854. The normalized spacial score (nSPS) is 20.8. The lowest BCUT2D eigenvalue weighted by molar-refractivity contribution is 0.0936. The maximum Gasteiger partial charge on any atom is 0.243 e. The van der Waals surface area contributed by atoms with Crippen molar-refractivity contribution in [3.63, 3.8) is 0 Å². The molecule has 0 N–H and O–H groups in total. The van der Waals surface area contributed by atoms with Crippen molar-refractivity contribution in [2.45, 2.75) is 18.2 Å². The monoisotopic (exact) mass is 349 g/mol. The molecule has 2 aliphatic heterocycles. The van der Waals surface area contributed by atoms with Crippen LogP contribution < -0.4 is 4.90 Å². The summed E-state index contributed by atoms with van der Waals surface area (Å²) in [6.07, 6.45) is 2.85. The van der Waals surface area contributed by atoms with Gasteiger partial charge in [-0.2, -0.15) is 4.31 Å². The first-order chi connectivity index (χ1) is 11.0. The van der Waals surface area contributed by atoms with Crippen LogP contribution in [0, 0.1) is 12.3 Å². The van der Waals surface area contributed by atoms with E-state index in [9.17, 15) is 8.42 Å². The van der Waals surface area contributed by atoms with E-state index in [0.717, 1.165) is 30.2 Å². The van der Waals surface area contributed by atoms with Gasteiger partial charge in [-0.15, -0.1) is 11.3 Å². The zero-order valence-electron chi connectivity index (χ0n) is 13.0. The Hall–Kier alpha value is -1.44. The van der Waals surface area contributed by atoms with E-state index in [4.69, 9.17) is 0 Å². The summed E-state index contributed by atoms with van der Waals surface area (Å²) in [4.78, 5) is 7.04. The van der Waals surface area contributed by atoms with E-state index in [1.807, 2.05) is 24.6 Å². The van der Waals surface area contributed by atoms with Gasteiger partial charge in [-0.3, -0.25) is 0 Å². The summed E-state index contributed by atoms with van der Waals surface area (Å²) in [6.45, 7) is 5.02. The predicted molar refractivity (Wildman–Crippen MR) is 91.3 cm³/mol. The summed E-state index contributed by atoms with van der Waals surface area (Å²) in [6, 6.07) is 7.15. The SMILES string of the molecule is Cc1cccc(S(=O)(=O)N2CC3(CCN(c4nccs4)C3)C2)c1. The van der Waals surface area contributed by atoms with E-state index in [1.165, 1.54) is 0 Å². The van der Waals surface area contributed by atoms with Gasteiger partial charge in [-0.25, -0.2) is 13.4 Å². The minimum Gasteiger partial charge on any atom is -0.347 e. The van der Waals surface area contributed by atoms with Crippen molar-refractivity contribution in [1.82, 2.24) is 9.29 Å². The fourth-order valence-corrected chi connectivity index (χ4v) is 5.97. The van der Waals surface area contributed by atoms with Crippen molar-refractivity contribution >= 4 is 26.5 Å². The number of anilines is 1. The molecule has 1 spiro atoms. The number of rotatable bonds is 3. The van der Waals surface area contributed by atoms with Crippen LogP contribution in [0.5, 0.6) is 0 Å². The molecule has 1 aromatic heterocycles. The molecule has 0 saturated carbocycles. The van der Waals surface area contributed by atoms with Crippen molar-refractivity contribution in [3.8, 4) is 0 Å². The van der Waals surface area contributed by atoms with Crippen LogP contribution in [0.1, 0.15) is 12.0 Å². The molecule has 2 aliphatic rings. The first-order valence-corrected chi connectivity index (χ1v) is 10.0. The number of thiazole rings is 1. The molecule has 7 heteroatoms. The molecule has 0 radical (unpaired) electrons. The van der Waals surface area contributed by atoms with Crippen molar-refractivity contribution < 1.29 is 8.42 Å². The Bertz CT molecular complexity index is 812. The Morgan fingerprint density at radius 3 is 2.78 bits per heavy atom. The molecule has 2 aromatic rings. The van der Waals surface area contributed by atoms with Crippen molar-refractivity contribution in [1.29, 1.82) is 0 Å². The molecule has 3 heterocycles. The Labute approximate surface area is 140 Å². The van der Waals surface area contributed by atoms with E-state index >= 15 is 0 Å². The van der Waals surface area contributed by atoms with Gasteiger partial charge in [0.05, 0.1) is 4.90 Å². The van der Waals surface area contributed by atoms with Crippen LogP contribution in [-0.2, 0) is 10.0 Å². The predicted octanol–water partition coefficient (Wildman–Crippen LogP) is 2.35. The van der Waals surface area contributed by atoms with E-state index in [-0.39, 0.29) is 5.41 Å². The third kappa shape index (κ3) is 2.56. The molecule has 0 bridgehead atoms. The highest BCUT2D eigenvalue weighted by Gasteiger charge is 2.52. The summed E-state index contributed by atoms with van der Waals surface area (Å²) >= 11 is 1.64. The van der Waals surface area contributed by atoms with Crippen LogP contribution in [-0.4, -0.2) is 43.9 Å². The lowest BCUT2D eigenvalue weighted by Gasteiger charge is -2.46. The fraction of sp³-hybridized carbons (Fsp3) is 0.438. The van der Waals surface area contributed by atoms with Gasteiger partial charge in [0.25, 0.3) is 0 Å². The van der Waals surface area contributed by atoms with Gasteiger partial charge in [0.2, 0.25) is 10.0 Å². The molecule has 2 fully saturated rings. The van der Waals surface area contributed by atoms with Crippen LogP contribution in [0.4, 0.5) is 5.13 Å². The number of aromatic nitrogens is 1. The van der Waals surface area contributed by atoms with Crippen molar-refractivity contribution in [2.75, 3.05) is 31.1 Å². The second-order valence-electron chi connectivity index (χ2n) is 6.58. The molecule has 0 atom stereocenters. The molecule has 0 amide bonds. The third-order valence-electron chi connectivity index (χ3n) is 4.78. The average molecular weight is 349 g/mol. The first kappa shape index (κ1) is 15.1. The van der Waals surface area contributed by atoms with Gasteiger partial charge < -0.3 is 4.90 Å². The lowest BCUT2D eigenvalue weighted by Crippen LogP contribution is -2.59. The number of nitrogens with zero attached hydrogens (tertiary/aromatic N) is 3. The Kier molecular flexibility index (Phi) is 3.48. The number of hydrogen-bond acceptors (Lipinski definition) is 5. The Balaban J connectivity index is 1.47. The second-order valence-corrected chi connectivity index (χ2v) is 9.39. The largest absolute Gasteiger partial charge is 0.347 e. The second kappa shape index (κ2) is 5.29. The van der Waals surface area contributed by atoms with Gasteiger partial charge >= 0.3 is 0 Å². The molecular formula is C16H19N3O2S2. The lowest BCUT2D eigenvalue weighted by atomic mass is 9.81. The van der Waals surface area contributed by atoms with Gasteiger partial charge in [0, 0.05) is 43.2 Å². The Morgan fingerprint density at radius 1 is 1.26 bits per heavy atom. The van der Waals surface area contributed by atoms with Gasteiger partial charge in [-0.1, -0.05) is 12.1 Å². The minimum atomic E-state index is -3.36. The topological polar surface area (TPSA) is 53.5 Å². The van der Waals surface area contributed by atoms with Crippen LogP contribution in [0.2, 0.25) is 0 Å². The molecule has 4 rings (SSSR count). The Morgan fingerprint density at radius 2 is 2.09 bits per heavy atom. The summed E-state index contributed by atoms with van der Waals surface area (Å²) in [5.41, 5.74) is 1.07. The van der Waals surface area contributed by atoms with Crippen LogP contribution in [0.3, 0.4) is 0 Å². The zero-order chi connectivity index (χ0) is 16.1. The van der Waals surface area contributed by atoms with Crippen LogP contribution >= 0.6 is 11.3 Å². The molecular weight excluding hydrogens is 330 g/mol. The van der Waals surface area contributed by atoms with Gasteiger partial charge in [0.1, 0.15) is 0 Å². The van der Waals surface area contributed by atoms with E-state index in [2.05, 4.69) is 9.88 Å². The first-order valence-electron chi connectivity index (χ1n) is 7.70. The average Bonchev–Trinajstić information content (AvgIpc) is 3.15. The highest BCUT2D eigenvalue weighted by molar-refractivity contribution is 7.89. The maximum atomic E-state index is 12.7. The number of benzene rings is 1. The standard InChI is InChI=1S/C16H19N3O2S2/c1-13-3-2-4-14(9-13)23(20,21)19-11-16(12-19)5-7-18(10-16)15-17-6-8-22-15/h2-4,6,8-9H,5,7,10-12H2,1H3. The number of sulfonamides is 1. The molecule has 2 saturated heterocycles. The van der Waals surface area contributed by atoms with Crippen LogP contribution in [0.15, 0.2) is 40.7 Å². The summed E-state index contributed by atoms with van der Waals surface area (Å²) in [5.74, 6) is 0. The van der Waals surface area contributed by atoms with Gasteiger partial charge in [-0.05, 0) is 31.0 Å². The highest BCUT2D eigenvalue weighted by atomic mass is 32.2. The van der Waals surface area contributed by atoms with Crippen LogP contribution in [0.25, 0.3) is 0 Å². The minimum absolute atomic E-state index is 0.0998. The maximum absolute atomic E-state index is 12.7. The van der Waals surface area contributed by atoms with E-state index in [1.54, 1.807) is 33.8 Å². The van der Waals surface area contributed by atoms with E-state index < -0.39 is 10.0 Å². The molecule has 5 nitrogen and oxygen atoms in total. The number of aryl methyl sites for hydroxylation is 1. The highest BCUT2D eigenvalue weighted by Crippen LogP contribution is 2.43. The summed E-state index contributed by atoms with van der Waals surface area (Å²) < 4.78 is 27.1. The summed E-state index contributed by atoms with van der Waals surface area (Å²) in [7, 11) is -3.36. The number of hydrogen-bond donors (Lipinski definition) is 0. The van der Waals surface area contributed by atoms with Crippen molar-refractivity contribution in [3.05, 3.63) is 41.4 Å². The molecule has 0 unspecified atom stereocenters. The smallest absolute Gasteiger partial charge is 0.243 e. The van der Waals surface area contributed by atoms with Crippen molar-refractivity contribution in [2.24, 2.45) is 5.41 Å². The fourth-order valence-electron chi connectivity index (χ4n) is 3.53. The molecule has 23 heavy (non-hydrogen) atoms. The van der Waals surface area contributed by atoms with E-state index in [0.29, 0.717) is 18.0 Å². The summed E-state index contributed by atoms with van der Waals surface area (Å²) in [5, 5.41) is 3.03. The molecule has 0 aliphatic carbocycles. The molecule has 1 aromatic carbocycles. The third-order valence-corrected chi connectivity index (χ3v) is 7.40. The molecule has 122 valence electrons. The van der Waals surface area contributed by atoms with Gasteiger partial charge in [0.15, 0.2) is 5.13 Å². The zero-order valence-corrected chi connectivity index (χ0v) is 14.6.